The molecule has 1 aliphatic rings. The first-order valence-electron chi connectivity index (χ1n) is 7.96. The first-order chi connectivity index (χ1) is 11.2. The monoisotopic (exact) mass is 313 g/mol. The second-order valence-electron chi connectivity index (χ2n) is 5.78. The number of rotatable bonds is 7. The smallest absolute Gasteiger partial charge is 0.123 e. The molecule has 1 saturated heterocycles. The Kier molecular flexibility index (Phi) is 6.26. The van der Waals surface area contributed by atoms with Gasteiger partial charge in [-0.1, -0.05) is 0 Å². The minimum Gasteiger partial charge on any atom is -0.497 e. The van der Waals surface area contributed by atoms with Gasteiger partial charge in [0.25, 0.3) is 0 Å². The van der Waals surface area contributed by atoms with Gasteiger partial charge in [0.15, 0.2) is 0 Å². The van der Waals surface area contributed by atoms with E-state index in [0.717, 1.165) is 36.4 Å². The van der Waals surface area contributed by atoms with E-state index in [1.165, 1.54) is 0 Å². The van der Waals surface area contributed by atoms with Crippen LogP contribution in [0.1, 0.15) is 37.3 Å². The fourth-order valence-corrected chi connectivity index (χ4v) is 3.22. The van der Waals surface area contributed by atoms with Crippen LogP contribution in [0, 0.1) is 28.6 Å². The molecule has 0 unspecified atom stereocenters. The first-order valence-corrected chi connectivity index (χ1v) is 7.96. The molecule has 0 N–H and O–H groups in total. The zero-order valence-electron chi connectivity index (χ0n) is 13.8. The highest BCUT2D eigenvalue weighted by atomic mass is 16.5. The van der Waals surface area contributed by atoms with Crippen LogP contribution in [0.15, 0.2) is 18.2 Å². The molecular formula is C18H23N3O2. The number of benzene rings is 1. The predicted molar refractivity (Wildman–Crippen MR) is 87.0 cm³/mol. The third-order valence-corrected chi connectivity index (χ3v) is 4.40. The normalized spacial score (nSPS) is 18.9. The molecular weight excluding hydrogens is 290 g/mol. The Balaban J connectivity index is 2.18. The second kappa shape index (κ2) is 8.41. The van der Waals surface area contributed by atoms with Gasteiger partial charge in [-0.15, -0.1) is 0 Å². The van der Waals surface area contributed by atoms with Crippen LogP contribution in [0.2, 0.25) is 0 Å². The van der Waals surface area contributed by atoms with Gasteiger partial charge >= 0.3 is 0 Å². The van der Waals surface area contributed by atoms with Crippen molar-refractivity contribution in [3.05, 3.63) is 23.8 Å². The average Bonchev–Trinajstić information content (AvgIpc) is 3.05. The lowest BCUT2D eigenvalue weighted by Gasteiger charge is -2.28. The first kappa shape index (κ1) is 17.1. The minimum atomic E-state index is -0.105. The Morgan fingerprint density at radius 1 is 1.30 bits per heavy atom. The quantitative estimate of drug-likeness (QED) is 0.772. The molecule has 1 aromatic rings. The minimum absolute atomic E-state index is 0.105. The van der Waals surface area contributed by atoms with Crippen LogP contribution < -0.4 is 9.47 Å². The van der Waals surface area contributed by atoms with Crippen LogP contribution in [0.3, 0.4) is 0 Å². The zero-order valence-corrected chi connectivity index (χ0v) is 13.8. The molecule has 0 saturated carbocycles. The molecule has 0 aliphatic carbocycles. The van der Waals surface area contributed by atoms with Crippen molar-refractivity contribution in [2.45, 2.75) is 31.7 Å². The van der Waals surface area contributed by atoms with Crippen molar-refractivity contribution in [3.8, 4) is 23.6 Å². The predicted octanol–water partition coefficient (Wildman–Crippen LogP) is 3.28. The lowest BCUT2D eigenvalue weighted by Crippen LogP contribution is -2.29. The van der Waals surface area contributed by atoms with Crippen molar-refractivity contribution in [2.24, 2.45) is 5.92 Å². The van der Waals surface area contributed by atoms with Crippen molar-refractivity contribution >= 4 is 0 Å². The molecule has 5 nitrogen and oxygen atoms in total. The Bertz CT molecular complexity index is 603. The summed E-state index contributed by atoms with van der Waals surface area (Å²) >= 11 is 0. The van der Waals surface area contributed by atoms with Crippen molar-refractivity contribution in [1.29, 1.82) is 10.5 Å². The number of hydrogen-bond donors (Lipinski definition) is 0. The van der Waals surface area contributed by atoms with Gasteiger partial charge in [-0.25, -0.2) is 0 Å². The Labute approximate surface area is 138 Å². The number of hydrogen-bond acceptors (Lipinski definition) is 5. The molecule has 2 atom stereocenters. The van der Waals surface area contributed by atoms with Crippen LogP contribution >= 0.6 is 0 Å². The summed E-state index contributed by atoms with van der Waals surface area (Å²) in [6.07, 6.45) is 3.20. The highest BCUT2D eigenvalue weighted by molar-refractivity contribution is 5.42. The van der Waals surface area contributed by atoms with Gasteiger partial charge in [0, 0.05) is 24.6 Å². The van der Waals surface area contributed by atoms with Gasteiger partial charge < -0.3 is 9.47 Å². The van der Waals surface area contributed by atoms with E-state index in [1.807, 2.05) is 18.2 Å². The number of nitrogens with zero attached hydrogens (tertiary/aromatic N) is 3. The molecule has 23 heavy (non-hydrogen) atoms. The van der Waals surface area contributed by atoms with Crippen molar-refractivity contribution in [2.75, 3.05) is 27.3 Å². The van der Waals surface area contributed by atoms with Crippen LogP contribution in [-0.4, -0.2) is 32.2 Å². The summed E-state index contributed by atoms with van der Waals surface area (Å²) in [5, 5.41) is 18.0. The summed E-state index contributed by atoms with van der Waals surface area (Å²) in [5.74, 6) is 1.56. The van der Waals surface area contributed by atoms with E-state index in [9.17, 15) is 5.26 Å². The summed E-state index contributed by atoms with van der Waals surface area (Å²) in [7, 11) is 3.33. The van der Waals surface area contributed by atoms with Crippen molar-refractivity contribution < 1.29 is 9.47 Å². The van der Waals surface area contributed by atoms with Crippen LogP contribution in [0.4, 0.5) is 0 Å². The molecule has 1 heterocycles. The number of ether oxygens (including phenoxy) is 2. The lowest BCUT2D eigenvalue weighted by molar-refractivity contribution is 0.226. The zero-order chi connectivity index (χ0) is 16.7. The largest absolute Gasteiger partial charge is 0.497 e. The van der Waals surface area contributed by atoms with Gasteiger partial charge in [-0.05, 0) is 44.0 Å². The van der Waals surface area contributed by atoms with E-state index in [4.69, 9.17) is 14.7 Å². The molecule has 1 aromatic carbocycles. The molecule has 5 heteroatoms. The Morgan fingerprint density at radius 3 is 2.78 bits per heavy atom. The van der Waals surface area contributed by atoms with E-state index in [-0.39, 0.29) is 12.0 Å². The van der Waals surface area contributed by atoms with E-state index >= 15 is 0 Å². The summed E-state index contributed by atoms with van der Waals surface area (Å²) < 4.78 is 10.9. The highest BCUT2D eigenvalue weighted by Gasteiger charge is 2.30. The van der Waals surface area contributed by atoms with Crippen molar-refractivity contribution in [1.82, 2.24) is 4.90 Å². The molecule has 0 bridgehead atoms. The maximum Gasteiger partial charge on any atom is 0.123 e. The van der Waals surface area contributed by atoms with Crippen molar-refractivity contribution in [3.63, 3.8) is 0 Å². The average molecular weight is 313 g/mol. The molecule has 1 fully saturated rings. The molecule has 0 radical (unpaired) electrons. The van der Waals surface area contributed by atoms with E-state index < -0.39 is 0 Å². The number of methoxy groups -OCH3 is 2. The number of nitriles is 2. The maximum atomic E-state index is 9.32. The SMILES string of the molecule is COc1ccc(OC)c([C@@H]2CCCN2C[C@@H](C#N)CCC#N)c1. The maximum absolute atomic E-state index is 9.32. The van der Waals surface area contributed by atoms with Gasteiger partial charge in [0.05, 0.1) is 32.3 Å². The fourth-order valence-electron chi connectivity index (χ4n) is 3.22. The van der Waals surface area contributed by atoms with Crippen LogP contribution in [0.5, 0.6) is 11.5 Å². The van der Waals surface area contributed by atoms with Gasteiger partial charge in [-0.2, -0.15) is 10.5 Å². The summed E-state index contributed by atoms with van der Waals surface area (Å²) in [6.45, 7) is 1.67. The molecule has 0 amide bonds. The topological polar surface area (TPSA) is 69.3 Å². The number of likely N-dealkylation sites (tertiary alicyclic amines) is 1. The molecule has 122 valence electrons. The van der Waals surface area contributed by atoms with Crippen LogP contribution in [-0.2, 0) is 0 Å². The highest BCUT2D eigenvalue weighted by Crippen LogP contribution is 2.39. The molecule has 1 aliphatic heterocycles. The molecule has 0 spiro atoms. The Hall–Kier alpha value is -2.24. The third kappa shape index (κ3) is 4.15. The lowest BCUT2D eigenvalue weighted by atomic mass is 10.0. The molecule has 0 aromatic heterocycles. The third-order valence-electron chi connectivity index (χ3n) is 4.40. The van der Waals surface area contributed by atoms with E-state index in [1.54, 1.807) is 14.2 Å². The second-order valence-corrected chi connectivity index (χ2v) is 5.78. The van der Waals surface area contributed by atoms with Gasteiger partial charge in [0.1, 0.15) is 11.5 Å². The van der Waals surface area contributed by atoms with Crippen LogP contribution in [0.25, 0.3) is 0 Å². The van der Waals surface area contributed by atoms with E-state index in [0.29, 0.717) is 19.4 Å². The standard InChI is InChI=1S/C18H23N3O2/c1-22-15-7-8-18(23-2)16(11-15)17-6-4-10-21(17)13-14(12-20)5-3-9-19/h7-8,11,14,17H,3-6,10,13H2,1-2H3/t14-,17+/m1/s1. The summed E-state index contributed by atoms with van der Waals surface area (Å²) in [6, 6.07) is 10.6. The van der Waals surface area contributed by atoms with E-state index in [2.05, 4.69) is 17.0 Å². The summed E-state index contributed by atoms with van der Waals surface area (Å²) in [4.78, 5) is 2.34. The van der Waals surface area contributed by atoms with Gasteiger partial charge in [0.2, 0.25) is 0 Å². The Morgan fingerprint density at radius 2 is 2.13 bits per heavy atom. The fraction of sp³-hybridized carbons (Fsp3) is 0.556. The molecule has 2 rings (SSSR count). The van der Waals surface area contributed by atoms with Gasteiger partial charge in [-0.3, -0.25) is 4.90 Å². The summed E-state index contributed by atoms with van der Waals surface area (Å²) in [5.41, 5.74) is 1.11.